The lowest BCUT2D eigenvalue weighted by atomic mass is 10.1. The number of esters is 4. The van der Waals surface area contributed by atoms with Crippen LogP contribution in [0.2, 0.25) is 0 Å². The second-order valence-electron chi connectivity index (χ2n) is 11.2. The Labute approximate surface area is 276 Å². The summed E-state index contributed by atoms with van der Waals surface area (Å²) in [7, 11) is 5.64. The van der Waals surface area contributed by atoms with Gasteiger partial charge in [0.1, 0.15) is 33.0 Å². The summed E-state index contributed by atoms with van der Waals surface area (Å²) in [5.41, 5.74) is 0. The Balaban J connectivity index is 4.70. The smallest absolute Gasteiger partial charge is 0.308 e. The SMILES string of the molecule is CCC(=O)OCCOC(=O)CCN(CCCCN(CCCN(C)C)CCOOCCOC(=O)C(C)CC)CCC(=O)OCCOC. The predicted octanol–water partition coefficient (Wildman–Crippen LogP) is 2.33. The number of carbonyl (C=O) groups excluding carboxylic acids is 4. The topological polar surface area (TPSA) is 143 Å². The minimum atomic E-state index is -0.386. The molecule has 0 aromatic heterocycles. The summed E-state index contributed by atoms with van der Waals surface area (Å²) in [5, 5.41) is 0. The standard InChI is InChI=1S/C32H61N3O11/c1-7-28(3)32(39)44-26-27-46-45-21-20-34(17-11-14-33(4)5)15-9-10-16-35(18-12-30(37)42-23-22-40-6)19-13-31(38)43-25-24-41-29(36)8-2/h28H,7-27H2,1-6H3. The highest BCUT2D eigenvalue weighted by Gasteiger charge is 2.14. The van der Waals surface area contributed by atoms with Crippen molar-refractivity contribution < 1.29 is 52.6 Å². The zero-order valence-electron chi connectivity index (χ0n) is 29.3. The quantitative estimate of drug-likeness (QED) is 0.0352. The molecular formula is C32H61N3O11. The van der Waals surface area contributed by atoms with Gasteiger partial charge < -0.3 is 38.4 Å². The van der Waals surface area contributed by atoms with Gasteiger partial charge in [-0.2, -0.15) is 0 Å². The molecule has 0 saturated heterocycles. The van der Waals surface area contributed by atoms with E-state index in [9.17, 15) is 19.2 Å². The predicted molar refractivity (Wildman–Crippen MR) is 172 cm³/mol. The van der Waals surface area contributed by atoms with Crippen molar-refractivity contribution in [2.75, 3.05) is 113 Å². The van der Waals surface area contributed by atoms with Crippen molar-refractivity contribution in [1.29, 1.82) is 0 Å². The molecule has 0 fully saturated rings. The summed E-state index contributed by atoms with van der Waals surface area (Å²) < 4.78 is 25.4. The van der Waals surface area contributed by atoms with E-state index in [0.29, 0.717) is 39.4 Å². The van der Waals surface area contributed by atoms with Crippen molar-refractivity contribution in [3.8, 4) is 0 Å². The van der Waals surface area contributed by atoms with Crippen LogP contribution in [0.15, 0.2) is 0 Å². The molecule has 14 heteroatoms. The molecule has 0 saturated carbocycles. The van der Waals surface area contributed by atoms with Crippen molar-refractivity contribution in [3.63, 3.8) is 0 Å². The van der Waals surface area contributed by atoms with Crippen LogP contribution in [0, 0.1) is 5.92 Å². The molecule has 0 N–H and O–H groups in total. The lowest BCUT2D eigenvalue weighted by Gasteiger charge is -2.25. The average Bonchev–Trinajstić information content (AvgIpc) is 3.04. The van der Waals surface area contributed by atoms with Gasteiger partial charge in [0.15, 0.2) is 0 Å². The first kappa shape index (κ1) is 43.6. The highest BCUT2D eigenvalue weighted by molar-refractivity contribution is 5.72. The summed E-state index contributed by atoms with van der Waals surface area (Å²) in [6.07, 6.45) is 4.15. The molecule has 0 aliphatic heterocycles. The van der Waals surface area contributed by atoms with Crippen molar-refractivity contribution in [3.05, 3.63) is 0 Å². The molecular weight excluding hydrogens is 602 g/mol. The van der Waals surface area contributed by atoms with Gasteiger partial charge in [0.05, 0.1) is 32.0 Å². The summed E-state index contributed by atoms with van der Waals surface area (Å²) in [5.74, 6) is -1.40. The molecule has 0 aromatic rings. The van der Waals surface area contributed by atoms with E-state index in [1.807, 2.05) is 27.9 Å². The monoisotopic (exact) mass is 663 g/mol. The van der Waals surface area contributed by atoms with Gasteiger partial charge in [0, 0.05) is 33.2 Å². The average molecular weight is 664 g/mol. The molecule has 0 bridgehead atoms. The summed E-state index contributed by atoms with van der Waals surface area (Å²) >= 11 is 0. The Kier molecular flexibility index (Phi) is 28.5. The van der Waals surface area contributed by atoms with E-state index in [1.54, 1.807) is 14.0 Å². The van der Waals surface area contributed by atoms with Crippen molar-refractivity contribution in [2.45, 2.75) is 65.7 Å². The lowest BCUT2D eigenvalue weighted by Crippen LogP contribution is -2.33. The van der Waals surface area contributed by atoms with E-state index in [4.69, 9.17) is 33.5 Å². The molecule has 1 unspecified atom stereocenters. The van der Waals surface area contributed by atoms with E-state index < -0.39 is 0 Å². The molecule has 0 rings (SSSR count). The molecule has 46 heavy (non-hydrogen) atoms. The second-order valence-corrected chi connectivity index (χ2v) is 11.2. The van der Waals surface area contributed by atoms with Crippen LogP contribution < -0.4 is 0 Å². The van der Waals surface area contributed by atoms with Gasteiger partial charge in [-0.05, 0) is 66.0 Å². The van der Waals surface area contributed by atoms with E-state index in [-0.39, 0.29) is 82.1 Å². The van der Waals surface area contributed by atoms with E-state index >= 15 is 0 Å². The third-order valence-electron chi connectivity index (χ3n) is 6.99. The molecule has 1 atom stereocenters. The molecule has 270 valence electrons. The fourth-order valence-electron chi connectivity index (χ4n) is 4.02. The number of nitrogens with zero attached hydrogens (tertiary/aromatic N) is 3. The van der Waals surface area contributed by atoms with Crippen molar-refractivity contribution in [2.24, 2.45) is 5.92 Å². The van der Waals surface area contributed by atoms with Gasteiger partial charge in [-0.15, -0.1) is 0 Å². The number of ether oxygens (including phenoxy) is 5. The van der Waals surface area contributed by atoms with Gasteiger partial charge in [0.2, 0.25) is 0 Å². The maximum absolute atomic E-state index is 12.2. The summed E-state index contributed by atoms with van der Waals surface area (Å²) in [6.45, 7) is 11.8. The third-order valence-corrected chi connectivity index (χ3v) is 6.99. The molecule has 0 radical (unpaired) electrons. The highest BCUT2D eigenvalue weighted by Crippen LogP contribution is 2.05. The Hall–Kier alpha value is -2.36. The van der Waals surface area contributed by atoms with Crippen LogP contribution >= 0.6 is 0 Å². The van der Waals surface area contributed by atoms with Gasteiger partial charge in [-0.1, -0.05) is 20.8 Å². The maximum Gasteiger partial charge on any atom is 0.308 e. The van der Waals surface area contributed by atoms with Crippen LogP contribution in [-0.2, 0) is 52.6 Å². The zero-order chi connectivity index (χ0) is 34.4. The van der Waals surface area contributed by atoms with Gasteiger partial charge in [0.25, 0.3) is 0 Å². The molecule has 0 amide bonds. The van der Waals surface area contributed by atoms with Crippen LogP contribution in [0.1, 0.15) is 65.7 Å². The molecule has 0 aliphatic carbocycles. The van der Waals surface area contributed by atoms with E-state index in [0.717, 1.165) is 45.3 Å². The first-order chi connectivity index (χ1) is 22.1. The molecule has 0 aromatic carbocycles. The first-order valence-electron chi connectivity index (χ1n) is 16.6. The molecule has 0 spiro atoms. The maximum atomic E-state index is 12.2. The number of rotatable bonds is 31. The van der Waals surface area contributed by atoms with Crippen LogP contribution in [0.25, 0.3) is 0 Å². The Morgan fingerprint density at radius 3 is 1.61 bits per heavy atom. The summed E-state index contributed by atoms with van der Waals surface area (Å²) in [4.78, 5) is 64.4. The number of hydrogen-bond donors (Lipinski definition) is 0. The Morgan fingerprint density at radius 1 is 0.565 bits per heavy atom. The van der Waals surface area contributed by atoms with Gasteiger partial charge in [-0.25, -0.2) is 9.78 Å². The van der Waals surface area contributed by atoms with Crippen LogP contribution in [0.5, 0.6) is 0 Å². The van der Waals surface area contributed by atoms with Gasteiger partial charge in [-0.3, -0.25) is 19.2 Å². The first-order valence-corrected chi connectivity index (χ1v) is 16.6. The number of hydrogen-bond acceptors (Lipinski definition) is 14. The lowest BCUT2D eigenvalue weighted by molar-refractivity contribution is -0.299. The minimum Gasteiger partial charge on any atom is -0.463 e. The number of methoxy groups -OCH3 is 1. The van der Waals surface area contributed by atoms with E-state index in [2.05, 4.69) is 14.7 Å². The normalized spacial score (nSPS) is 12.0. The van der Waals surface area contributed by atoms with Crippen LogP contribution in [-0.4, -0.2) is 152 Å². The van der Waals surface area contributed by atoms with Crippen LogP contribution in [0.3, 0.4) is 0 Å². The highest BCUT2D eigenvalue weighted by atomic mass is 17.2. The zero-order valence-corrected chi connectivity index (χ0v) is 29.3. The summed E-state index contributed by atoms with van der Waals surface area (Å²) in [6, 6.07) is 0. The molecule has 0 aliphatic rings. The second kappa shape index (κ2) is 30.0. The minimum absolute atomic E-state index is 0.0144. The third kappa shape index (κ3) is 26.8. The van der Waals surface area contributed by atoms with Crippen LogP contribution in [0.4, 0.5) is 0 Å². The number of carbonyl (C=O) groups is 4. The van der Waals surface area contributed by atoms with E-state index in [1.165, 1.54) is 0 Å². The largest absolute Gasteiger partial charge is 0.463 e. The van der Waals surface area contributed by atoms with Gasteiger partial charge >= 0.3 is 23.9 Å². The Bertz CT molecular complexity index is 801. The fraction of sp³-hybridized carbons (Fsp3) is 0.875. The number of unbranched alkanes of at least 4 members (excludes halogenated alkanes) is 1. The molecule has 14 nitrogen and oxygen atoms in total. The fourth-order valence-corrected chi connectivity index (χ4v) is 4.02. The van der Waals surface area contributed by atoms with Crippen molar-refractivity contribution in [1.82, 2.24) is 14.7 Å². The Morgan fingerprint density at radius 2 is 1.07 bits per heavy atom. The van der Waals surface area contributed by atoms with Crippen molar-refractivity contribution >= 4 is 23.9 Å². The molecule has 0 heterocycles.